The van der Waals surface area contributed by atoms with Gasteiger partial charge >= 0.3 is 0 Å². The molecule has 1 N–H and O–H groups in total. The predicted octanol–water partition coefficient (Wildman–Crippen LogP) is 1.41. The van der Waals surface area contributed by atoms with Gasteiger partial charge in [0.1, 0.15) is 19.0 Å². The molecule has 2 aliphatic rings. The second kappa shape index (κ2) is 5.48. The minimum absolute atomic E-state index is 0.0139. The number of hydrogen-bond acceptors (Lipinski definition) is 5. The van der Waals surface area contributed by atoms with Crippen molar-refractivity contribution in [3.8, 4) is 0 Å². The Labute approximate surface area is 116 Å². The molecule has 0 bridgehead atoms. The average Bonchev–Trinajstić information content (AvgIpc) is 3.08. The summed E-state index contributed by atoms with van der Waals surface area (Å²) < 4.78 is 24.2. The highest BCUT2D eigenvalue weighted by Gasteiger charge is 2.22. The normalized spacial score (nSPS) is 21.0. The summed E-state index contributed by atoms with van der Waals surface area (Å²) >= 11 is 0. The summed E-state index contributed by atoms with van der Waals surface area (Å²) in [5.74, 6) is -0.183. The molecular weight excluding hydrogens is 261 g/mol. The van der Waals surface area contributed by atoms with Crippen LogP contribution in [0.15, 0.2) is 28.2 Å². The van der Waals surface area contributed by atoms with Crippen LogP contribution in [0.5, 0.6) is 0 Å². The molecule has 0 spiro atoms. The summed E-state index contributed by atoms with van der Waals surface area (Å²) in [7, 11) is 0. The van der Waals surface area contributed by atoms with Gasteiger partial charge in [0.2, 0.25) is 0 Å². The molecule has 0 radical (unpaired) electrons. The smallest absolute Gasteiger partial charge is 0.293 e. The van der Waals surface area contributed by atoms with Crippen LogP contribution in [0.1, 0.15) is 11.1 Å². The summed E-state index contributed by atoms with van der Waals surface area (Å²) in [4.78, 5) is 8.52. The Morgan fingerprint density at radius 2 is 2.25 bits per heavy atom. The van der Waals surface area contributed by atoms with Gasteiger partial charge in [0.25, 0.3) is 12.0 Å². The topological polar surface area (TPSA) is 55.2 Å². The molecule has 0 unspecified atom stereocenters. The van der Waals surface area contributed by atoms with Gasteiger partial charge in [0.15, 0.2) is 0 Å². The largest absolute Gasteiger partial charge is 0.463 e. The Morgan fingerprint density at radius 3 is 3.05 bits per heavy atom. The van der Waals surface area contributed by atoms with Gasteiger partial charge in [-0.3, -0.25) is 5.32 Å². The van der Waals surface area contributed by atoms with E-state index in [4.69, 9.17) is 9.47 Å². The maximum Gasteiger partial charge on any atom is 0.293 e. The number of rotatable bonds is 2. The monoisotopic (exact) mass is 277 g/mol. The van der Waals surface area contributed by atoms with Crippen molar-refractivity contribution in [3.63, 3.8) is 0 Å². The summed E-state index contributed by atoms with van der Waals surface area (Å²) in [6.07, 6.45) is 0.655. The van der Waals surface area contributed by atoms with Crippen LogP contribution in [0.2, 0.25) is 0 Å². The van der Waals surface area contributed by atoms with E-state index in [1.807, 2.05) is 6.07 Å². The van der Waals surface area contributed by atoms with Crippen LogP contribution >= 0.6 is 0 Å². The molecule has 5 nitrogen and oxygen atoms in total. The Balaban J connectivity index is 1.64. The molecule has 0 saturated carbocycles. The molecule has 1 aromatic rings. The lowest BCUT2D eigenvalue weighted by Gasteiger charge is -2.08. The van der Waals surface area contributed by atoms with Crippen molar-refractivity contribution in [3.05, 3.63) is 35.1 Å². The molecule has 20 heavy (non-hydrogen) atoms. The number of nitrogens with zero attached hydrogens (tertiary/aromatic N) is 2. The van der Waals surface area contributed by atoms with E-state index in [1.165, 1.54) is 6.07 Å². The number of ether oxygens (including phenoxy) is 2. The van der Waals surface area contributed by atoms with Crippen molar-refractivity contribution >= 4 is 12.0 Å². The number of hydrogen-bond donors (Lipinski definition) is 1. The van der Waals surface area contributed by atoms with Crippen LogP contribution in [0.3, 0.4) is 0 Å². The first kappa shape index (κ1) is 12.9. The minimum Gasteiger partial charge on any atom is -0.463 e. The fraction of sp³-hybridized carbons (Fsp3) is 0.429. The first-order chi connectivity index (χ1) is 9.72. The van der Waals surface area contributed by atoms with Gasteiger partial charge in [0, 0.05) is 0 Å². The van der Waals surface area contributed by atoms with E-state index >= 15 is 0 Å². The van der Waals surface area contributed by atoms with Gasteiger partial charge < -0.3 is 9.47 Å². The Bertz CT molecular complexity index is 572. The van der Waals surface area contributed by atoms with Crippen molar-refractivity contribution in [1.82, 2.24) is 5.32 Å². The second-order valence-corrected chi connectivity index (χ2v) is 4.79. The van der Waals surface area contributed by atoms with E-state index in [9.17, 15) is 4.39 Å². The van der Waals surface area contributed by atoms with Crippen LogP contribution in [0, 0.1) is 12.7 Å². The molecule has 1 aromatic carbocycles. The Morgan fingerprint density at radius 1 is 1.35 bits per heavy atom. The van der Waals surface area contributed by atoms with Gasteiger partial charge in [-0.05, 0) is 30.5 Å². The lowest BCUT2D eigenvalue weighted by Crippen LogP contribution is -2.30. The van der Waals surface area contributed by atoms with Gasteiger partial charge in [0.05, 0.1) is 12.6 Å². The molecule has 1 atom stereocenters. The standard InChI is InChI=1S/C14H16FN3O2/c1-9-10(3-2-4-12(9)15)7-11-8-20-14(17-11)18-13-16-5-6-19-13/h2-4,11H,5-8H2,1H3,(H,16,17,18)/t11-/m0/s1. The fourth-order valence-corrected chi connectivity index (χ4v) is 2.22. The molecule has 0 amide bonds. The van der Waals surface area contributed by atoms with E-state index in [1.54, 1.807) is 13.0 Å². The SMILES string of the molecule is Cc1c(F)cccc1C[C@H]1COC(NC2=NCCO2)=N1. The first-order valence-electron chi connectivity index (χ1n) is 6.61. The summed E-state index contributed by atoms with van der Waals surface area (Å²) in [6, 6.07) is 5.97. The van der Waals surface area contributed by atoms with E-state index in [-0.39, 0.29) is 11.9 Å². The van der Waals surface area contributed by atoms with Gasteiger partial charge in [-0.25, -0.2) is 14.4 Å². The van der Waals surface area contributed by atoms with E-state index in [2.05, 4.69) is 15.3 Å². The first-order valence-corrected chi connectivity index (χ1v) is 6.61. The van der Waals surface area contributed by atoms with Crippen LogP contribution in [-0.4, -0.2) is 37.8 Å². The lowest BCUT2D eigenvalue weighted by molar-refractivity contribution is 0.299. The molecule has 3 rings (SSSR count). The molecule has 106 valence electrons. The molecular formula is C14H16FN3O2. The van der Waals surface area contributed by atoms with Crippen LogP contribution in [0.25, 0.3) is 0 Å². The molecule has 0 aliphatic carbocycles. The molecule has 2 aliphatic heterocycles. The van der Waals surface area contributed by atoms with Crippen molar-refractivity contribution in [2.75, 3.05) is 19.8 Å². The lowest BCUT2D eigenvalue weighted by atomic mass is 10.0. The maximum absolute atomic E-state index is 13.5. The van der Waals surface area contributed by atoms with Gasteiger partial charge in [-0.15, -0.1) is 0 Å². The van der Waals surface area contributed by atoms with Crippen LogP contribution < -0.4 is 5.32 Å². The Kier molecular flexibility index (Phi) is 3.54. The van der Waals surface area contributed by atoms with Gasteiger partial charge in [-0.1, -0.05) is 12.1 Å². The quantitative estimate of drug-likeness (QED) is 0.889. The van der Waals surface area contributed by atoms with Crippen molar-refractivity contribution in [1.29, 1.82) is 0 Å². The average molecular weight is 277 g/mol. The number of amidine groups is 2. The number of halogens is 1. The second-order valence-electron chi connectivity index (χ2n) is 4.79. The predicted molar refractivity (Wildman–Crippen MR) is 73.4 cm³/mol. The highest BCUT2D eigenvalue weighted by molar-refractivity contribution is 5.94. The van der Waals surface area contributed by atoms with E-state index in [0.717, 1.165) is 5.56 Å². The summed E-state index contributed by atoms with van der Waals surface area (Å²) in [6.45, 7) is 3.50. The van der Waals surface area contributed by atoms with Gasteiger partial charge in [-0.2, -0.15) is 0 Å². The summed E-state index contributed by atoms with van der Waals surface area (Å²) in [5, 5.41) is 2.90. The van der Waals surface area contributed by atoms with Crippen molar-refractivity contribution in [2.45, 2.75) is 19.4 Å². The molecule has 0 fully saturated rings. The third kappa shape index (κ3) is 2.74. The van der Waals surface area contributed by atoms with Crippen molar-refractivity contribution in [2.24, 2.45) is 9.98 Å². The minimum atomic E-state index is -0.183. The fourth-order valence-electron chi connectivity index (χ4n) is 2.22. The zero-order valence-electron chi connectivity index (χ0n) is 11.2. The van der Waals surface area contributed by atoms with Crippen LogP contribution in [-0.2, 0) is 15.9 Å². The zero-order valence-corrected chi connectivity index (χ0v) is 11.2. The third-order valence-electron chi connectivity index (χ3n) is 3.35. The third-order valence-corrected chi connectivity index (χ3v) is 3.35. The number of benzene rings is 1. The number of nitrogens with one attached hydrogen (secondary N) is 1. The molecule has 0 aromatic heterocycles. The Hall–Kier alpha value is -2.11. The zero-order chi connectivity index (χ0) is 13.9. The molecule has 2 heterocycles. The molecule has 0 saturated heterocycles. The summed E-state index contributed by atoms with van der Waals surface area (Å²) in [5.41, 5.74) is 1.63. The van der Waals surface area contributed by atoms with E-state index < -0.39 is 0 Å². The number of aliphatic imine (C=N–C) groups is 2. The highest BCUT2D eigenvalue weighted by Crippen LogP contribution is 2.17. The maximum atomic E-state index is 13.5. The highest BCUT2D eigenvalue weighted by atomic mass is 19.1. The van der Waals surface area contributed by atoms with Crippen LogP contribution in [0.4, 0.5) is 4.39 Å². The molecule has 6 heteroatoms. The van der Waals surface area contributed by atoms with Crippen molar-refractivity contribution < 1.29 is 13.9 Å². The van der Waals surface area contributed by atoms with E-state index in [0.29, 0.717) is 43.8 Å².